The Morgan fingerprint density at radius 1 is 0.147 bits per heavy atom. The Balaban J connectivity index is -0.00000000886. The predicted molar refractivity (Wildman–Crippen MR) is 189 cm³/mol. The van der Waals surface area contributed by atoms with Crippen LogP contribution in [0.3, 0.4) is 0 Å². The highest BCUT2D eigenvalue weighted by Crippen LogP contribution is 1.81. The molecule has 0 aliphatic rings. The molecule has 0 fully saturated rings. The third-order valence-corrected chi connectivity index (χ3v) is 0. The third kappa shape index (κ3) is 0. The highest BCUT2D eigenvalue weighted by atomic mass is 13.7. The zero-order valence-electron chi connectivity index (χ0n) is 33.2. The Hall–Kier alpha value is 0. The van der Waals surface area contributed by atoms with Crippen LogP contribution in [0.1, 0.15) is 222 Å². The molecule has 0 unspecified atom stereocenters. The lowest BCUT2D eigenvalue weighted by Gasteiger charge is -1.79. The van der Waals surface area contributed by atoms with Gasteiger partial charge in [-0.2, -0.15) is 0 Å². The van der Waals surface area contributed by atoms with Gasteiger partial charge in [-0.05, 0) is 11.8 Å². The van der Waals surface area contributed by atoms with Crippen molar-refractivity contribution in [3.05, 3.63) is 0 Å². The largest absolute Gasteiger partial charge is 0.0683 e. The summed E-state index contributed by atoms with van der Waals surface area (Å²) in [5.74, 6) is 1.67. The van der Waals surface area contributed by atoms with Crippen LogP contribution in [0.25, 0.3) is 0 Å². The Morgan fingerprint density at radius 3 is 0.147 bits per heavy atom. The van der Waals surface area contributed by atoms with E-state index in [1.54, 1.807) is 0 Å². The Morgan fingerprint density at radius 2 is 0.147 bits per heavy atom. The van der Waals surface area contributed by atoms with E-state index in [1.165, 1.54) is 0 Å². The molecule has 0 aliphatic carbocycles. The van der Waals surface area contributed by atoms with Crippen LogP contribution in [0.15, 0.2) is 0 Å². The minimum absolute atomic E-state index is 0.833. The van der Waals surface area contributed by atoms with Crippen LogP contribution in [-0.4, -0.2) is 0 Å². The Kier molecular flexibility index (Phi) is 2830. The van der Waals surface area contributed by atoms with Crippen molar-refractivity contribution < 1.29 is 0 Å². The molecule has 0 heteroatoms. The van der Waals surface area contributed by atoms with Gasteiger partial charge >= 0.3 is 0 Å². The molecule has 0 saturated carbocycles. The van der Waals surface area contributed by atoms with E-state index in [-0.39, 0.29) is 0 Å². The molecule has 0 rings (SSSR count). The van der Waals surface area contributed by atoms with Crippen LogP contribution in [0, 0.1) is 11.8 Å². The molecule has 0 saturated heterocycles. The first-order chi connectivity index (χ1) is 16.5. The molecule has 0 aromatic rings. The first kappa shape index (κ1) is 103. The molecule has 0 heterocycles. The molecule has 0 radical (unpaired) electrons. The lowest BCUT2D eigenvalue weighted by molar-refractivity contribution is 0.736. The topological polar surface area (TPSA) is 0 Å². The van der Waals surface area contributed by atoms with Gasteiger partial charge in [0.1, 0.15) is 0 Å². The maximum absolute atomic E-state index is 2.17. The molecule has 0 aliphatic heterocycles. The highest BCUT2D eigenvalue weighted by molar-refractivity contribution is 4.21. The van der Waals surface area contributed by atoms with Crippen LogP contribution < -0.4 is 0 Å². The summed E-state index contributed by atoms with van der Waals surface area (Å²) in [5.41, 5.74) is 0. The Bertz CT molecular complexity index is 15.5. The van der Waals surface area contributed by atoms with Gasteiger partial charge in [0, 0.05) is 0 Å². The standard InChI is InChI=1S/2C4H10.13C2H6/c2*1-4(2)3;13*1-2/h2*4H,1-3H3;13*1-2H3. The summed E-state index contributed by atoms with van der Waals surface area (Å²) in [4.78, 5) is 0. The Labute approximate surface area is 233 Å². The molecular weight excluding hydrogens is 408 g/mol. The zero-order chi connectivity index (χ0) is 33.2. The molecule has 34 heavy (non-hydrogen) atoms. The fourth-order valence-corrected chi connectivity index (χ4v) is 0. The average molecular weight is 507 g/mol. The van der Waals surface area contributed by atoms with Crippen molar-refractivity contribution in [1.29, 1.82) is 0 Å². The van der Waals surface area contributed by atoms with Crippen LogP contribution in [0.5, 0.6) is 0 Å². The summed E-state index contributed by atoms with van der Waals surface area (Å²) in [6.45, 7) is 65.0. The van der Waals surface area contributed by atoms with E-state index >= 15 is 0 Å². The maximum atomic E-state index is 2.17. The van der Waals surface area contributed by atoms with Crippen LogP contribution in [-0.2, 0) is 0 Å². The highest BCUT2D eigenvalue weighted by Gasteiger charge is 1.68. The molecule has 0 aromatic carbocycles. The van der Waals surface area contributed by atoms with Gasteiger partial charge in [-0.3, -0.25) is 0 Å². The summed E-state index contributed by atoms with van der Waals surface area (Å²) in [5, 5.41) is 0. The van der Waals surface area contributed by atoms with E-state index in [1.807, 2.05) is 180 Å². The van der Waals surface area contributed by atoms with Crippen molar-refractivity contribution in [2.75, 3.05) is 0 Å². The lowest BCUT2D eigenvalue weighted by atomic mass is 10.3. The zero-order valence-corrected chi connectivity index (χ0v) is 33.2. The fourth-order valence-electron chi connectivity index (χ4n) is 0. The molecule has 0 atom stereocenters. The molecule has 0 aromatic heterocycles. The normalized spacial score (nSPS) is 4.41. The molecule has 234 valence electrons. The summed E-state index contributed by atoms with van der Waals surface area (Å²) in [7, 11) is 0. The van der Waals surface area contributed by atoms with Gasteiger partial charge in [-0.15, -0.1) is 0 Å². The average Bonchev–Trinajstić information content (AvgIpc) is 2.98. The van der Waals surface area contributed by atoms with Crippen molar-refractivity contribution in [3.63, 3.8) is 0 Å². The van der Waals surface area contributed by atoms with E-state index in [2.05, 4.69) is 41.5 Å². The van der Waals surface area contributed by atoms with Crippen molar-refractivity contribution in [2.24, 2.45) is 11.8 Å². The van der Waals surface area contributed by atoms with E-state index in [0.29, 0.717) is 0 Å². The van der Waals surface area contributed by atoms with Gasteiger partial charge in [0.05, 0.1) is 0 Å². The third-order valence-electron chi connectivity index (χ3n) is 0. The molecule has 0 spiro atoms. The second kappa shape index (κ2) is 939. The monoisotopic (exact) mass is 507 g/mol. The van der Waals surface area contributed by atoms with Crippen LogP contribution >= 0.6 is 0 Å². The summed E-state index contributed by atoms with van der Waals surface area (Å²) < 4.78 is 0. The van der Waals surface area contributed by atoms with E-state index < -0.39 is 0 Å². The van der Waals surface area contributed by atoms with Gasteiger partial charge in [-0.1, -0.05) is 222 Å². The molecular formula is C34H98. The van der Waals surface area contributed by atoms with Crippen molar-refractivity contribution in [1.82, 2.24) is 0 Å². The molecule has 0 bridgehead atoms. The van der Waals surface area contributed by atoms with Crippen LogP contribution in [0.2, 0.25) is 0 Å². The van der Waals surface area contributed by atoms with Crippen molar-refractivity contribution in [2.45, 2.75) is 222 Å². The molecule has 0 N–H and O–H groups in total. The quantitative estimate of drug-likeness (QED) is 0.306. The van der Waals surface area contributed by atoms with E-state index in [4.69, 9.17) is 0 Å². The predicted octanol–water partition coefficient (Wildman–Crippen LogP) is 16.7. The lowest BCUT2D eigenvalue weighted by Crippen LogP contribution is -1.66. The van der Waals surface area contributed by atoms with Crippen molar-refractivity contribution in [3.8, 4) is 0 Å². The maximum Gasteiger partial charge on any atom is -0.0500 e. The fraction of sp³-hybridized carbons (Fsp3) is 1.00. The van der Waals surface area contributed by atoms with Crippen molar-refractivity contribution >= 4 is 0 Å². The summed E-state index contributed by atoms with van der Waals surface area (Å²) in [6.07, 6.45) is 0. The minimum atomic E-state index is 0.833. The number of hydrogen-bond donors (Lipinski definition) is 0. The SMILES string of the molecule is CC.CC.CC.CC.CC.CC.CC.CC.CC.CC.CC.CC.CC.CC(C)C.CC(C)C. The van der Waals surface area contributed by atoms with E-state index in [9.17, 15) is 0 Å². The first-order valence-electron chi connectivity index (χ1n) is 16.5. The summed E-state index contributed by atoms with van der Waals surface area (Å²) in [6, 6.07) is 0. The van der Waals surface area contributed by atoms with Gasteiger partial charge in [-0.25, -0.2) is 0 Å². The number of hydrogen-bond acceptors (Lipinski definition) is 0. The first-order valence-corrected chi connectivity index (χ1v) is 16.5. The van der Waals surface area contributed by atoms with Gasteiger partial charge < -0.3 is 0 Å². The summed E-state index contributed by atoms with van der Waals surface area (Å²) >= 11 is 0. The van der Waals surface area contributed by atoms with Gasteiger partial charge in [0.15, 0.2) is 0 Å². The second-order valence-electron chi connectivity index (χ2n) is 3.46. The van der Waals surface area contributed by atoms with E-state index in [0.717, 1.165) is 11.8 Å². The molecule has 0 nitrogen and oxygen atoms in total. The molecule has 0 amide bonds. The minimum Gasteiger partial charge on any atom is -0.0683 e. The van der Waals surface area contributed by atoms with Gasteiger partial charge in [0.25, 0.3) is 0 Å². The number of rotatable bonds is 0. The van der Waals surface area contributed by atoms with Gasteiger partial charge in [0.2, 0.25) is 0 Å². The van der Waals surface area contributed by atoms with Crippen LogP contribution in [0.4, 0.5) is 0 Å². The second-order valence-corrected chi connectivity index (χ2v) is 3.46. The smallest absolute Gasteiger partial charge is 0.0500 e.